The smallest absolute Gasteiger partial charge is 0.203 e. The van der Waals surface area contributed by atoms with Crippen LogP contribution in [0.3, 0.4) is 0 Å². The van der Waals surface area contributed by atoms with Gasteiger partial charge in [0.25, 0.3) is 0 Å². The summed E-state index contributed by atoms with van der Waals surface area (Å²) >= 11 is 1.47. The van der Waals surface area contributed by atoms with Crippen molar-refractivity contribution < 1.29 is 5.11 Å². The van der Waals surface area contributed by atoms with Crippen molar-refractivity contribution in [1.29, 1.82) is 0 Å². The molecule has 1 atom stereocenters. The fourth-order valence-electron chi connectivity index (χ4n) is 2.44. The molecular formula is C11H20N4OS. The van der Waals surface area contributed by atoms with Gasteiger partial charge in [-0.3, -0.25) is 4.90 Å². The normalized spacial score (nSPS) is 21.8. The van der Waals surface area contributed by atoms with E-state index in [-0.39, 0.29) is 6.61 Å². The number of rotatable bonds is 5. The first-order chi connectivity index (χ1) is 8.29. The number of aliphatic hydroxyl groups is 1. The third-order valence-corrected chi connectivity index (χ3v) is 4.12. The van der Waals surface area contributed by atoms with E-state index in [2.05, 4.69) is 15.1 Å². The maximum atomic E-state index is 9.06. The number of aromatic nitrogens is 2. The minimum atomic E-state index is 0.285. The van der Waals surface area contributed by atoms with E-state index in [0.29, 0.717) is 11.2 Å². The van der Waals surface area contributed by atoms with Crippen LogP contribution in [-0.4, -0.2) is 45.9 Å². The zero-order valence-corrected chi connectivity index (χ0v) is 10.8. The standard InChI is InChI=1S/C11H20N4OS/c12-11-14-13-10(17-11)4-7-15-6-2-1-3-9(15)5-8-16/h9,16H,1-8H2,(H2,12,14). The number of aliphatic hydroxyl groups excluding tert-OH is 1. The van der Waals surface area contributed by atoms with E-state index < -0.39 is 0 Å². The Kier molecular flexibility index (Phi) is 4.70. The highest BCUT2D eigenvalue weighted by molar-refractivity contribution is 7.15. The van der Waals surface area contributed by atoms with Crippen molar-refractivity contribution in [2.45, 2.75) is 38.1 Å². The van der Waals surface area contributed by atoms with Gasteiger partial charge in [0, 0.05) is 25.6 Å². The molecule has 2 rings (SSSR count). The summed E-state index contributed by atoms with van der Waals surface area (Å²) in [6.07, 6.45) is 5.56. The third kappa shape index (κ3) is 3.62. The van der Waals surface area contributed by atoms with Gasteiger partial charge < -0.3 is 10.8 Å². The van der Waals surface area contributed by atoms with E-state index in [1.807, 2.05) is 0 Å². The Morgan fingerprint density at radius 3 is 3.00 bits per heavy atom. The maximum Gasteiger partial charge on any atom is 0.203 e. The summed E-state index contributed by atoms with van der Waals surface area (Å²) in [6, 6.07) is 0.541. The molecule has 5 nitrogen and oxygen atoms in total. The first kappa shape index (κ1) is 12.7. The van der Waals surface area contributed by atoms with Crippen LogP contribution in [0.15, 0.2) is 0 Å². The van der Waals surface area contributed by atoms with Crippen molar-refractivity contribution in [3.05, 3.63) is 5.01 Å². The number of piperidine rings is 1. The number of nitrogen functional groups attached to an aromatic ring is 1. The van der Waals surface area contributed by atoms with Gasteiger partial charge in [0.2, 0.25) is 5.13 Å². The summed E-state index contributed by atoms with van der Waals surface area (Å²) in [4.78, 5) is 2.47. The van der Waals surface area contributed by atoms with Gasteiger partial charge >= 0.3 is 0 Å². The zero-order valence-electron chi connectivity index (χ0n) is 10.0. The van der Waals surface area contributed by atoms with Crippen molar-refractivity contribution in [1.82, 2.24) is 15.1 Å². The van der Waals surface area contributed by atoms with Crippen molar-refractivity contribution in [2.75, 3.05) is 25.4 Å². The van der Waals surface area contributed by atoms with E-state index in [1.165, 1.54) is 30.6 Å². The molecule has 0 saturated carbocycles. The monoisotopic (exact) mass is 256 g/mol. The molecule has 96 valence electrons. The highest BCUT2D eigenvalue weighted by Gasteiger charge is 2.21. The van der Waals surface area contributed by atoms with Crippen LogP contribution in [0.5, 0.6) is 0 Å². The molecule has 1 aliphatic rings. The summed E-state index contributed by atoms with van der Waals surface area (Å²) in [5.41, 5.74) is 5.56. The molecule has 0 aromatic carbocycles. The molecule has 1 aromatic heterocycles. The molecule has 17 heavy (non-hydrogen) atoms. The minimum Gasteiger partial charge on any atom is -0.396 e. The summed E-state index contributed by atoms with van der Waals surface area (Å²) in [5, 5.41) is 18.5. The van der Waals surface area contributed by atoms with Crippen LogP contribution in [0.25, 0.3) is 0 Å². The Morgan fingerprint density at radius 1 is 1.41 bits per heavy atom. The molecule has 1 unspecified atom stereocenters. The quantitative estimate of drug-likeness (QED) is 0.818. The van der Waals surface area contributed by atoms with Gasteiger partial charge in [-0.05, 0) is 25.8 Å². The zero-order chi connectivity index (χ0) is 12.1. The average molecular weight is 256 g/mol. The van der Waals surface area contributed by atoms with Crippen LogP contribution < -0.4 is 5.73 Å². The lowest BCUT2D eigenvalue weighted by Gasteiger charge is -2.35. The maximum absolute atomic E-state index is 9.06. The Morgan fingerprint density at radius 2 is 2.29 bits per heavy atom. The number of likely N-dealkylation sites (tertiary alicyclic amines) is 1. The first-order valence-electron chi connectivity index (χ1n) is 6.22. The summed E-state index contributed by atoms with van der Waals surface area (Å²) in [6.45, 7) is 2.42. The fraction of sp³-hybridized carbons (Fsp3) is 0.818. The predicted octanol–water partition coefficient (Wildman–Crippen LogP) is 0.900. The Hall–Kier alpha value is -0.720. The Labute approximate surface area is 106 Å². The van der Waals surface area contributed by atoms with Crippen molar-refractivity contribution in [3.63, 3.8) is 0 Å². The molecule has 3 N–H and O–H groups in total. The van der Waals surface area contributed by atoms with Crippen LogP contribution >= 0.6 is 11.3 Å². The molecule has 0 bridgehead atoms. The van der Waals surface area contributed by atoms with Gasteiger partial charge in [0.05, 0.1) is 0 Å². The highest BCUT2D eigenvalue weighted by atomic mass is 32.1. The molecule has 1 aliphatic heterocycles. The molecule has 6 heteroatoms. The third-order valence-electron chi connectivity index (χ3n) is 3.31. The Bertz CT molecular complexity index is 342. The minimum absolute atomic E-state index is 0.285. The van der Waals surface area contributed by atoms with Crippen molar-refractivity contribution in [2.24, 2.45) is 0 Å². The molecular weight excluding hydrogens is 236 g/mol. The summed E-state index contributed by atoms with van der Waals surface area (Å²) < 4.78 is 0. The molecule has 0 aliphatic carbocycles. The fourth-order valence-corrected chi connectivity index (χ4v) is 3.04. The molecule has 1 fully saturated rings. The van der Waals surface area contributed by atoms with Gasteiger partial charge in [-0.2, -0.15) is 0 Å². The SMILES string of the molecule is Nc1nnc(CCN2CCCCC2CCO)s1. The lowest BCUT2D eigenvalue weighted by molar-refractivity contribution is 0.120. The molecule has 0 spiro atoms. The van der Waals surface area contributed by atoms with Crippen LogP contribution in [0.2, 0.25) is 0 Å². The van der Waals surface area contributed by atoms with Gasteiger partial charge in [-0.15, -0.1) is 10.2 Å². The molecule has 2 heterocycles. The van der Waals surface area contributed by atoms with Gasteiger partial charge in [0.15, 0.2) is 0 Å². The van der Waals surface area contributed by atoms with Crippen molar-refractivity contribution >= 4 is 16.5 Å². The second-order valence-corrected chi connectivity index (χ2v) is 5.58. The number of nitrogens with two attached hydrogens (primary N) is 1. The lowest BCUT2D eigenvalue weighted by atomic mass is 9.99. The topological polar surface area (TPSA) is 75.3 Å². The first-order valence-corrected chi connectivity index (χ1v) is 7.04. The number of hydrogen-bond donors (Lipinski definition) is 2. The highest BCUT2D eigenvalue weighted by Crippen LogP contribution is 2.20. The van der Waals surface area contributed by atoms with Crippen LogP contribution in [0.4, 0.5) is 5.13 Å². The van der Waals surface area contributed by atoms with Gasteiger partial charge in [-0.1, -0.05) is 17.8 Å². The molecule has 0 radical (unpaired) electrons. The van der Waals surface area contributed by atoms with Crippen molar-refractivity contribution in [3.8, 4) is 0 Å². The van der Waals surface area contributed by atoms with E-state index in [0.717, 1.165) is 30.9 Å². The van der Waals surface area contributed by atoms with Gasteiger partial charge in [0.1, 0.15) is 5.01 Å². The van der Waals surface area contributed by atoms with Crippen LogP contribution in [-0.2, 0) is 6.42 Å². The van der Waals surface area contributed by atoms with Gasteiger partial charge in [-0.25, -0.2) is 0 Å². The average Bonchev–Trinajstić information content (AvgIpc) is 2.74. The second-order valence-electron chi connectivity index (χ2n) is 4.48. The van der Waals surface area contributed by atoms with Crippen LogP contribution in [0.1, 0.15) is 30.7 Å². The molecule has 0 amide bonds. The number of hydrogen-bond acceptors (Lipinski definition) is 6. The largest absolute Gasteiger partial charge is 0.396 e. The molecule has 1 saturated heterocycles. The second kappa shape index (κ2) is 6.28. The number of anilines is 1. The summed E-state index contributed by atoms with van der Waals surface area (Å²) in [5.74, 6) is 0. The summed E-state index contributed by atoms with van der Waals surface area (Å²) in [7, 11) is 0. The van der Waals surface area contributed by atoms with E-state index in [1.54, 1.807) is 0 Å². The predicted molar refractivity (Wildman–Crippen MR) is 68.9 cm³/mol. The van der Waals surface area contributed by atoms with E-state index in [4.69, 9.17) is 10.8 Å². The Balaban J connectivity index is 1.83. The number of nitrogens with zero attached hydrogens (tertiary/aromatic N) is 3. The van der Waals surface area contributed by atoms with E-state index in [9.17, 15) is 0 Å². The van der Waals surface area contributed by atoms with E-state index >= 15 is 0 Å². The lowest BCUT2D eigenvalue weighted by Crippen LogP contribution is -2.41. The molecule has 1 aromatic rings. The van der Waals surface area contributed by atoms with Crippen LogP contribution in [0, 0.1) is 0 Å².